The van der Waals surface area contributed by atoms with E-state index in [4.69, 9.17) is 11.6 Å². The Bertz CT molecular complexity index is 258. The van der Waals surface area contributed by atoms with Gasteiger partial charge in [-0.2, -0.15) is 0 Å². The summed E-state index contributed by atoms with van der Waals surface area (Å²) in [7, 11) is 0. The second-order valence-electron chi connectivity index (χ2n) is 2.34. The summed E-state index contributed by atoms with van der Waals surface area (Å²) in [6, 6.07) is 5.55. The average molecular weight is 255 g/mol. The van der Waals surface area contributed by atoms with Crippen molar-refractivity contribution in [2.24, 2.45) is 0 Å². The Morgan fingerprint density at radius 2 is 1.75 bits per heavy atom. The quantitative estimate of drug-likeness (QED) is 0.705. The van der Waals surface area contributed by atoms with E-state index in [0.717, 1.165) is 0 Å². The van der Waals surface area contributed by atoms with Crippen LogP contribution in [0.15, 0.2) is 24.3 Å². The van der Waals surface area contributed by atoms with Crippen molar-refractivity contribution in [3.8, 4) is 0 Å². The summed E-state index contributed by atoms with van der Waals surface area (Å²) in [5.41, 5.74) is -0.0243. The Labute approximate surface area is 82.7 Å². The van der Waals surface area contributed by atoms with E-state index in [1.807, 2.05) is 0 Å². The van der Waals surface area contributed by atoms with Crippen molar-refractivity contribution in [2.75, 3.05) is 5.33 Å². The highest BCUT2D eigenvalue weighted by atomic mass is 79.9. The molecule has 1 rings (SSSR count). The van der Waals surface area contributed by atoms with Crippen molar-refractivity contribution in [3.05, 3.63) is 34.9 Å². The minimum atomic E-state index is -2.81. The SMILES string of the molecule is FC(F)(CBr)c1ccc(Cl)cc1. The number of benzene rings is 1. The maximum atomic E-state index is 12.9. The molecule has 66 valence electrons. The fourth-order valence-electron chi connectivity index (χ4n) is 0.771. The molecular weight excluding hydrogens is 249 g/mol. The lowest BCUT2D eigenvalue weighted by atomic mass is 10.1. The third kappa shape index (κ3) is 2.17. The van der Waals surface area contributed by atoms with E-state index in [0.29, 0.717) is 5.02 Å². The van der Waals surface area contributed by atoms with Crippen LogP contribution in [0, 0.1) is 0 Å². The van der Waals surface area contributed by atoms with E-state index in [1.54, 1.807) is 0 Å². The number of alkyl halides is 3. The molecule has 0 unspecified atom stereocenters. The van der Waals surface area contributed by atoms with Gasteiger partial charge in [-0.1, -0.05) is 39.7 Å². The van der Waals surface area contributed by atoms with Crippen LogP contribution in [-0.4, -0.2) is 5.33 Å². The predicted octanol–water partition coefficient (Wildman–Crippen LogP) is 3.83. The van der Waals surface area contributed by atoms with Crippen LogP contribution in [0.4, 0.5) is 8.78 Å². The first-order valence-electron chi connectivity index (χ1n) is 3.26. The Kier molecular flexibility index (Phi) is 3.07. The minimum Gasteiger partial charge on any atom is -0.200 e. The molecule has 0 heterocycles. The maximum Gasteiger partial charge on any atom is 0.282 e. The van der Waals surface area contributed by atoms with Crippen LogP contribution in [-0.2, 0) is 5.92 Å². The van der Waals surface area contributed by atoms with Crippen LogP contribution in [0.1, 0.15) is 5.56 Å². The lowest BCUT2D eigenvalue weighted by Crippen LogP contribution is -2.14. The zero-order valence-electron chi connectivity index (χ0n) is 6.03. The van der Waals surface area contributed by atoms with Gasteiger partial charge in [0.1, 0.15) is 0 Å². The van der Waals surface area contributed by atoms with Gasteiger partial charge in [0.2, 0.25) is 0 Å². The standard InChI is InChI=1S/C8H6BrClF2/c9-5-8(11,12)6-1-3-7(10)4-2-6/h1-4H,5H2. The van der Waals surface area contributed by atoms with Crippen molar-refractivity contribution >= 4 is 27.5 Å². The Balaban J connectivity index is 2.96. The van der Waals surface area contributed by atoms with Gasteiger partial charge in [-0.05, 0) is 12.1 Å². The van der Waals surface area contributed by atoms with Crippen LogP contribution < -0.4 is 0 Å². The van der Waals surface area contributed by atoms with Crippen molar-refractivity contribution in [2.45, 2.75) is 5.92 Å². The summed E-state index contributed by atoms with van der Waals surface area (Å²) in [4.78, 5) is 0. The van der Waals surface area contributed by atoms with Crippen molar-refractivity contribution in [1.29, 1.82) is 0 Å². The molecule has 4 heteroatoms. The summed E-state index contributed by atoms with van der Waals surface area (Å²) >= 11 is 8.29. The molecule has 0 bridgehead atoms. The number of rotatable bonds is 2. The maximum absolute atomic E-state index is 12.9. The zero-order valence-corrected chi connectivity index (χ0v) is 8.37. The van der Waals surface area contributed by atoms with Gasteiger partial charge in [0, 0.05) is 10.6 Å². The first kappa shape index (κ1) is 9.93. The molecule has 0 nitrogen and oxygen atoms in total. The van der Waals surface area contributed by atoms with E-state index in [2.05, 4.69) is 15.9 Å². The molecular formula is C8H6BrClF2. The summed E-state index contributed by atoms with van der Waals surface area (Å²) in [6.45, 7) is 0. The van der Waals surface area contributed by atoms with Gasteiger partial charge in [-0.25, -0.2) is 8.78 Å². The topological polar surface area (TPSA) is 0 Å². The molecule has 0 saturated heterocycles. The first-order chi connectivity index (χ1) is 5.56. The van der Waals surface area contributed by atoms with Gasteiger partial charge in [0.25, 0.3) is 5.92 Å². The van der Waals surface area contributed by atoms with E-state index in [1.165, 1.54) is 24.3 Å². The fraction of sp³-hybridized carbons (Fsp3) is 0.250. The molecule has 0 saturated carbocycles. The van der Waals surface area contributed by atoms with Crippen LogP contribution in [0.3, 0.4) is 0 Å². The predicted molar refractivity (Wildman–Crippen MR) is 49.1 cm³/mol. The van der Waals surface area contributed by atoms with Crippen LogP contribution in [0.2, 0.25) is 5.02 Å². The molecule has 0 aliphatic rings. The smallest absolute Gasteiger partial charge is 0.200 e. The highest BCUT2D eigenvalue weighted by Gasteiger charge is 2.29. The number of hydrogen-bond donors (Lipinski definition) is 0. The molecule has 0 aliphatic heterocycles. The summed E-state index contributed by atoms with van der Waals surface area (Å²) in [5, 5.41) is 0.0888. The molecule has 0 radical (unpaired) electrons. The monoisotopic (exact) mass is 254 g/mol. The number of halogens is 4. The molecule has 12 heavy (non-hydrogen) atoms. The molecule has 0 spiro atoms. The van der Waals surface area contributed by atoms with Crippen molar-refractivity contribution < 1.29 is 8.78 Å². The molecule has 0 fully saturated rings. The molecule has 0 N–H and O–H groups in total. The van der Waals surface area contributed by atoms with Crippen LogP contribution in [0.25, 0.3) is 0 Å². The summed E-state index contributed by atoms with van der Waals surface area (Å²) in [6.07, 6.45) is 0. The van der Waals surface area contributed by atoms with Gasteiger partial charge >= 0.3 is 0 Å². The second kappa shape index (κ2) is 3.71. The van der Waals surface area contributed by atoms with E-state index in [9.17, 15) is 8.78 Å². The van der Waals surface area contributed by atoms with Crippen molar-refractivity contribution in [3.63, 3.8) is 0 Å². The first-order valence-corrected chi connectivity index (χ1v) is 4.76. The third-order valence-corrected chi connectivity index (χ3v) is 2.39. The largest absolute Gasteiger partial charge is 0.282 e. The van der Waals surface area contributed by atoms with Gasteiger partial charge in [-0.15, -0.1) is 0 Å². The summed E-state index contributed by atoms with van der Waals surface area (Å²) in [5.74, 6) is -2.81. The van der Waals surface area contributed by atoms with Gasteiger partial charge in [0.15, 0.2) is 0 Å². The van der Waals surface area contributed by atoms with Crippen molar-refractivity contribution in [1.82, 2.24) is 0 Å². The Morgan fingerprint density at radius 3 is 2.17 bits per heavy atom. The van der Waals surface area contributed by atoms with E-state index < -0.39 is 5.92 Å². The Hall–Kier alpha value is -0.150. The van der Waals surface area contributed by atoms with E-state index in [-0.39, 0.29) is 10.9 Å². The summed E-state index contributed by atoms with van der Waals surface area (Å²) < 4.78 is 25.9. The second-order valence-corrected chi connectivity index (χ2v) is 3.34. The average Bonchev–Trinajstić information content (AvgIpc) is 2.05. The van der Waals surface area contributed by atoms with E-state index >= 15 is 0 Å². The molecule has 0 aromatic heterocycles. The molecule has 1 aromatic rings. The lowest BCUT2D eigenvalue weighted by Gasteiger charge is -2.12. The Morgan fingerprint density at radius 1 is 1.25 bits per heavy atom. The molecule has 1 aromatic carbocycles. The molecule has 0 aliphatic carbocycles. The zero-order chi connectivity index (χ0) is 9.19. The molecule has 0 amide bonds. The van der Waals surface area contributed by atoms with Crippen LogP contribution in [0.5, 0.6) is 0 Å². The highest BCUT2D eigenvalue weighted by molar-refractivity contribution is 9.09. The van der Waals surface area contributed by atoms with Gasteiger partial charge in [0.05, 0.1) is 5.33 Å². The van der Waals surface area contributed by atoms with Crippen LogP contribution >= 0.6 is 27.5 Å². The normalized spacial score (nSPS) is 11.7. The lowest BCUT2D eigenvalue weighted by molar-refractivity contribution is 0.0245. The third-order valence-electron chi connectivity index (χ3n) is 1.43. The molecule has 0 atom stereocenters. The van der Waals surface area contributed by atoms with Gasteiger partial charge in [-0.3, -0.25) is 0 Å². The minimum absolute atomic E-state index is 0.0243. The number of hydrogen-bond acceptors (Lipinski definition) is 0. The highest BCUT2D eigenvalue weighted by Crippen LogP contribution is 2.30. The van der Waals surface area contributed by atoms with Gasteiger partial charge < -0.3 is 0 Å². The fourth-order valence-corrected chi connectivity index (χ4v) is 1.22.